The van der Waals surface area contributed by atoms with Gasteiger partial charge >= 0.3 is 0 Å². The van der Waals surface area contributed by atoms with Gasteiger partial charge in [0, 0.05) is 31.9 Å². The van der Waals surface area contributed by atoms with Crippen LogP contribution < -0.4 is 10.2 Å². The third-order valence-corrected chi connectivity index (χ3v) is 4.04. The van der Waals surface area contributed by atoms with E-state index in [2.05, 4.69) is 48.1 Å². The number of nitrogens with zero attached hydrogens (tertiary/aromatic N) is 2. The molecule has 1 aromatic heterocycles. The topological polar surface area (TPSA) is 37.4 Å². The molecule has 2 heterocycles. The van der Waals surface area contributed by atoms with Crippen LogP contribution in [0.4, 0.5) is 5.82 Å². The Kier molecular flexibility index (Phi) is 6.46. The first-order chi connectivity index (χ1) is 10.2. The summed E-state index contributed by atoms with van der Waals surface area (Å²) >= 11 is 0. The van der Waals surface area contributed by atoms with Gasteiger partial charge in [-0.2, -0.15) is 0 Å². The van der Waals surface area contributed by atoms with Gasteiger partial charge in [-0.1, -0.05) is 13.8 Å². The van der Waals surface area contributed by atoms with Crippen LogP contribution in [-0.4, -0.2) is 37.3 Å². The molecule has 0 aliphatic carbocycles. The fraction of sp³-hybridized carbons (Fsp3) is 0.706. The molecular formula is C17H29N3O. The van der Waals surface area contributed by atoms with E-state index >= 15 is 0 Å². The zero-order valence-electron chi connectivity index (χ0n) is 13.6. The fourth-order valence-corrected chi connectivity index (χ4v) is 2.87. The number of hydrogen-bond acceptors (Lipinski definition) is 4. The highest BCUT2D eigenvalue weighted by Crippen LogP contribution is 2.22. The van der Waals surface area contributed by atoms with Crippen molar-refractivity contribution < 1.29 is 4.74 Å². The van der Waals surface area contributed by atoms with Crippen molar-refractivity contribution in [2.24, 2.45) is 0 Å². The number of aromatic nitrogens is 1. The Bertz CT molecular complexity index is 424. The molecule has 2 unspecified atom stereocenters. The van der Waals surface area contributed by atoms with Crippen molar-refractivity contribution in [2.75, 3.05) is 31.1 Å². The van der Waals surface area contributed by atoms with E-state index in [0.29, 0.717) is 12.1 Å². The lowest BCUT2D eigenvalue weighted by Crippen LogP contribution is -2.40. The lowest BCUT2D eigenvalue weighted by molar-refractivity contribution is 0.0439. The second kappa shape index (κ2) is 8.35. The zero-order valence-corrected chi connectivity index (χ0v) is 13.6. The smallest absolute Gasteiger partial charge is 0.128 e. The summed E-state index contributed by atoms with van der Waals surface area (Å²) in [4.78, 5) is 6.93. The average molecular weight is 291 g/mol. The molecule has 0 amide bonds. The molecule has 1 aromatic rings. The Morgan fingerprint density at radius 3 is 3.10 bits per heavy atom. The quantitative estimate of drug-likeness (QED) is 0.837. The second-order valence-corrected chi connectivity index (χ2v) is 5.81. The molecule has 0 spiro atoms. The van der Waals surface area contributed by atoms with Crippen LogP contribution in [0.15, 0.2) is 18.3 Å². The standard InChI is InChI=1S/C17H29N3O/c1-4-11-21-16-7-6-10-20(13-16)17-12-15(8-9-19-17)14(3)18-5-2/h8-9,12,14,16,18H,4-7,10-11,13H2,1-3H3. The molecule has 21 heavy (non-hydrogen) atoms. The first kappa shape index (κ1) is 16.2. The maximum absolute atomic E-state index is 5.92. The highest BCUT2D eigenvalue weighted by molar-refractivity contribution is 5.42. The van der Waals surface area contributed by atoms with Gasteiger partial charge in [0.2, 0.25) is 0 Å². The molecule has 0 bridgehead atoms. The summed E-state index contributed by atoms with van der Waals surface area (Å²) < 4.78 is 5.92. The Hall–Kier alpha value is -1.13. The third-order valence-electron chi connectivity index (χ3n) is 4.04. The monoisotopic (exact) mass is 291 g/mol. The number of ether oxygens (including phenoxy) is 1. The Morgan fingerprint density at radius 1 is 1.48 bits per heavy atom. The second-order valence-electron chi connectivity index (χ2n) is 5.81. The van der Waals surface area contributed by atoms with Crippen LogP contribution in [-0.2, 0) is 4.74 Å². The van der Waals surface area contributed by atoms with E-state index in [1.54, 1.807) is 0 Å². The fourth-order valence-electron chi connectivity index (χ4n) is 2.87. The highest BCUT2D eigenvalue weighted by Gasteiger charge is 2.21. The van der Waals surface area contributed by atoms with E-state index in [4.69, 9.17) is 4.74 Å². The molecular weight excluding hydrogens is 262 g/mol. The van der Waals surface area contributed by atoms with E-state index in [0.717, 1.165) is 38.5 Å². The average Bonchev–Trinajstić information content (AvgIpc) is 2.53. The minimum Gasteiger partial charge on any atom is -0.376 e. The van der Waals surface area contributed by atoms with Gasteiger partial charge in [0.15, 0.2) is 0 Å². The number of pyridine rings is 1. The lowest BCUT2D eigenvalue weighted by Gasteiger charge is -2.33. The van der Waals surface area contributed by atoms with Gasteiger partial charge in [0.1, 0.15) is 5.82 Å². The molecule has 1 saturated heterocycles. The van der Waals surface area contributed by atoms with Crippen molar-refractivity contribution in [3.63, 3.8) is 0 Å². The van der Waals surface area contributed by atoms with Gasteiger partial charge in [-0.15, -0.1) is 0 Å². The van der Waals surface area contributed by atoms with Crippen molar-refractivity contribution in [3.8, 4) is 0 Å². The molecule has 0 radical (unpaired) electrons. The maximum Gasteiger partial charge on any atom is 0.128 e. The first-order valence-electron chi connectivity index (χ1n) is 8.30. The summed E-state index contributed by atoms with van der Waals surface area (Å²) in [6.45, 7) is 10.4. The molecule has 118 valence electrons. The van der Waals surface area contributed by atoms with Gasteiger partial charge in [-0.05, 0) is 50.4 Å². The third kappa shape index (κ3) is 4.68. The number of piperidine rings is 1. The molecule has 0 saturated carbocycles. The van der Waals surface area contributed by atoms with E-state index in [-0.39, 0.29) is 0 Å². The van der Waals surface area contributed by atoms with E-state index < -0.39 is 0 Å². The number of rotatable bonds is 7. The Balaban J connectivity index is 2.01. The zero-order chi connectivity index (χ0) is 15.1. The van der Waals surface area contributed by atoms with E-state index in [1.165, 1.54) is 18.4 Å². The van der Waals surface area contributed by atoms with Gasteiger partial charge in [0.05, 0.1) is 6.10 Å². The van der Waals surface area contributed by atoms with Crippen molar-refractivity contribution in [1.29, 1.82) is 0 Å². The maximum atomic E-state index is 5.92. The molecule has 1 N–H and O–H groups in total. The van der Waals surface area contributed by atoms with Gasteiger partial charge in [0.25, 0.3) is 0 Å². The number of hydrogen-bond donors (Lipinski definition) is 1. The van der Waals surface area contributed by atoms with Crippen LogP contribution in [0.3, 0.4) is 0 Å². The summed E-state index contributed by atoms with van der Waals surface area (Å²) in [6, 6.07) is 4.69. The van der Waals surface area contributed by atoms with Gasteiger partial charge in [-0.3, -0.25) is 0 Å². The predicted molar refractivity (Wildman–Crippen MR) is 87.8 cm³/mol. The summed E-state index contributed by atoms with van der Waals surface area (Å²) in [7, 11) is 0. The molecule has 1 fully saturated rings. The number of nitrogens with one attached hydrogen (secondary N) is 1. The molecule has 0 aromatic carbocycles. The summed E-state index contributed by atoms with van der Waals surface area (Å²) in [6.07, 6.45) is 5.72. The summed E-state index contributed by atoms with van der Waals surface area (Å²) in [5.74, 6) is 1.09. The lowest BCUT2D eigenvalue weighted by atomic mass is 10.1. The van der Waals surface area contributed by atoms with Crippen molar-refractivity contribution >= 4 is 5.82 Å². The van der Waals surface area contributed by atoms with Crippen molar-refractivity contribution in [2.45, 2.75) is 52.2 Å². The molecule has 4 heteroatoms. The van der Waals surface area contributed by atoms with Gasteiger partial charge < -0.3 is 15.0 Å². The molecule has 2 atom stereocenters. The SMILES string of the molecule is CCCOC1CCCN(c2cc(C(C)NCC)ccn2)C1. The largest absolute Gasteiger partial charge is 0.376 e. The molecule has 2 rings (SSSR count). The number of anilines is 1. The van der Waals surface area contributed by atoms with Crippen LogP contribution in [0.5, 0.6) is 0 Å². The van der Waals surface area contributed by atoms with E-state index in [1.807, 2.05) is 6.20 Å². The minimum atomic E-state index is 0.357. The highest BCUT2D eigenvalue weighted by atomic mass is 16.5. The summed E-state index contributed by atoms with van der Waals surface area (Å²) in [5.41, 5.74) is 1.30. The molecule has 4 nitrogen and oxygen atoms in total. The minimum absolute atomic E-state index is 0.357. The Morgan fingerprint density at radius 2 is 2.33 bits per heavy atom. The van der Waals surface area contributed by atoms with E-state index in [9.17, 15) is 0 Å². The normalized spacial score (nSPS) is 20.5. The van der Waals surface area contributed by atoms with Crippen LogP contribution in [0.1, 0.15) is 51.6 Å². The molecule has 1 aliphatic rings. The molecule has 1 aliphatic heterocycles. The van der Waals surface area contributed by atoms with Crippen LogP contribution in [0, 0.1) is 0 Å². The van der Waals surface area contributed by atoms with Crippen LogP contribution in [0.25, 0.3) is 0 Å². The first-order valence-corrected chi connectivity index (χ1v) is 8.30. The van der Waals surface area contributed by atoms with Gasteiger partial charge in [-0.25, -0.2) is 4.98 Å². The summed E-state index contributed by atoms with van der Waals surface area (Å²) in [5, 5.41) is 3.46. The Labute approximate surface area is 128 Å². The van der Waals surface area contributed by atoms with Crippen molar-refractivity contribution in [3.05, 3.63) is 23.9 Å². The van der Waals surface area contributed by atoms with Crippen LogP contribution in [0.2, 0.25) is 0 Å². The predicted octanol–water partition coefficient (Wildman–Crippen LogP) is 3.15. The van der Waals surface area contributed by atoms with Crippen LogP contribution >= 0.6 is 0 Å². The van der Waals surface area contributed by atoms with Crippen molar-refractivity contribution in [1.82, 2.24) is 10.3 Å².